The maximum Gasteiger partial charge on any atom is 0.262 e. The number of aryl methyl sites for hydroxylation is 1. The topological polar surface area (TPSA) is 79.8 Å². The van der Waals surface area contributed by atoms with Crippen molar-refractivity contribution in [3.8, 4) is 11.5 Å². The Balaban J connectivity index is 1.98. The predicted molar refractivity (Wildman–Crippen MR) is 107 cm³/mol. The number of benzene rings is 2. The van der Waals surface area contributed by atoms with Gasteiger partial charge in [-0.25, -0.2) is 0 Å². The number of methoxy groups -OCH3 is 1. The fourth-order valence-corrected chi connectivity index (χ4v) is 2.70. The molecule has 0 unspecified atom stereocenters. The molecule has 0 heterocycles. The first kappa shape index (κ1) is 21.0. The Morgan fingerprint density at radius 2 is 1.96 bits per heavy atom. The van der Waals surface area contributed by atoms with Gasteiger partial charge in [0.05, 0.1) is 18.2 Å². The average molecular weight is 393 g/mol. The standard InChI is InChI=1S/C20H25ClN2O4/c1-13-4-6-16(7-5-13)23-19(25)12-27-20-17(21)8-15(9-18(20)26-3)11-22-10-14(2)24/h4-9,14,22,24H,10-12H2,1-3H3,(H,23,25)/t14-/m1/s1. The highest BCUT2D eigenvalue weighted by Crippen LogP contribution is 2.36. The van der Waals surface area contributed by atoms with Crippen LogP contribution >= 0.6 is 11.6 Å². The van der Waals surface area contributed by atoms with Crippen LogP contribution in [0.4, 0.5) is 5.69 Å². The minimum atomic E-state index is -0.433. The first-order valence-corrected chi connectivity index (χ1v) is 9.01. The van der Waals surface area contributed by atoms with E-state index in [0.29, 0.717) is 35.3 Å². The number of ether oxygens (including phenoxy) is 2. The van der Waals surface area contributed by atoms with Gasteiger partial charge in [-0.05, 0) is 43.7 Å². The molecule has 146 valence electrons. The molecule has 0 saturated carbocycles. The molecule has 0 aliphatic carbocycles. The summed E-state index contributed by atoms with van der Waals surface area (Å²) in [6.07, 6.45) is -0.433. The monoisotopic (exact) mass is 392 g/mol. The lowest BCUT2D eigenvalue weighted by molar-refractivity contribution is -0.118. The molecule has 0 saturated heterocycles. The van der Waals surface area contributed by atoms with Gasteiger partial charge in [0.25, 0.3) is 5.91 Å². The van der Waals surface area contributed by atoms with Crippen molar-refractivity contribution in [2.75, 3.05) is 25.6 Å². The van der Waals surface area contributed by atoms with Gasteiger partial charge < -0.3 is 25.2 Å². The molecule has 1 atom stereocenters. The molecule has 7 heteroatoms. The molecule has 1 amide bonds. The molecule has 0 aliphatic rings. The SMILES string of the molecule is COc1cc(CNC[C@@H](C)O)cc(Cl)c1OCC(=O)Nc1ccc(C)cc1. The highest BCUT2D eigenvalue weighted by molar-refractivity contribution is 6.32. The second-order valence-corrected chi connectivity index (χ2v) is 6.70. The Kier molecular flexibility index (Phi) is 7.91. The highest BCUT2D eigenvalue weighted by Gasteiger charge is 2.14. The number of aliphatic hydroxyl groups excluding tert-OH is 1. The second-order valence-electron chi connectivity index (χ2n) is 6.29. The van der Waals surface area contributed by atoms with Crippen molar-refractivity contribution in [1.82, 2.24) is 5.32 Å². The summed E-state index contributed by atoms with van der Waals surface area (Å²) >= 11 is 6.30. The molecule has 2 aromatic rings. The van der Waals surface area contributed by atoms with E-state index in [1.54, 1.807) is 19.1 Å². The Morgan fingerprint density at radius 3 is 2.59 bits per heavy atom. The van der Waals surface area contributed by atoms with E-state index >= 15 is 0 Å². The molecule has 2 rings (SSSR count). The van der Waals surface area contributed by atoms with E-state index in [1.807, 2.05) is 31.2 Å². The van der Waals surface area contributed by atoms with Crippen LogP contribution in [0.5, 0.6) is 11.5 Å². The number of aliphatic hydroxyl groups is 1. The van der Waals surface area contributed by atoms with Crippen molar-refractivity contribution in [1.29, 1.82) is 0 Å². The van der Waals surface area contributed by atoms with E-state index in [2.05, 4.69) is 10.6 Å². The summed E-state index contributed by atoms with van der Waals surface area (Å²) < 4.78 is 10.9. The van der Waals surface area contributed by atoms with Crippen LogP contribution in [0.3, 0.4) is 0 Å². The normalized spacial score (nSPS) is 11.7. The van der Waals surface area contributed by atoms with Gasteiger partial charge in [0, 0.05) is 18.8 Å². The molecule has 3 N–H and O–H groups in total. The number of rotatable bonds is 9. The van der Waals surface area contributed by atoms with Crippen LogP contribution in [0.1, 0.15) is 18.1 Å². The van der Waals surface area contributed by atoms with Crippen LogP contribution in [-0.2, 0) is 11.3 Å². The summed E-state index contributed by atoms with van der Waals surface area (Å²) in [5, 5.41) is 15.5. The van der Waals surface area contributed by atoms with E-state index in [4.69, 9.17) is 21.1 Å². The van der Waals surface area contributed by atoms with E-state index in [0.717, 1.165) is 11.1 Å². The van der Waals surface area contributed by atoms with Crippen LogP contribution in [0.2, 0.25) is 5.02 Å². The lowest BCUT2D eigenvalue weighted by atomic mass is 10.2. The number of halogens is 1. The minimum Gasteiger partial charge on any atom is -0.493 e. The van der Waals surface area contributed by atoms with Crippen LogP contribution in [0, 0.1) is 6.92 Å². The number of anilines is 1. The summed E-state index contributed by atoms with van der Waals surface area (Å²) in [5.74, 6) is 0.469. The van der Waals surface area contributed by atoms with Crippen molar-refractivity contribution in [3.63, 3.8) is 0 Å². The number of hydrogen-bond acceptors (Lipinski definition) is 5. The third-order valence-electron chi connectivity index (χ3n) is 3.74. The summed E-state index contributed by atoms with van der Waals surface area (Å²) in [7, 11) is 1.51. The Labute approximate surface area is 164 Å². The molecule has 0 bridgehead atoms. The van der Waals surface area contributed by atoms with Gasteiger partial charge >= 0.3 is 0 Å². The van der Waals surface area contributed by atoms with E-state index in [1.165, 1.54) is 7.11 Å². The summed E-state index contributed by atoms with van der Waals surface area (Å²) in [6, 6.07) is 11.0. The predicted octanol–water partition coefficient (Wildman–Crippen LogP) is 3.14. The summed E-state index contributed by atoms with van der Waals surface area (Å²) in [5.41, 5.74) is 2.70. The van der Waals surface area contributed by atoms with Crippen molar-refractivity contribution in [2.45, 2.75) is 26.5 Å². The lowest BCUT2D eigenvalue weighted by Gasteiger charge is -2.15. The zero-order chi connectivity index (χ0) is 19.8. The van der Waals surface area contributed by atoms with Gasteiger partial charge in [0.15, 0.2) is 18.1 Å². The summed E-state index contributed by atoms with van der Waals surface area (Å²) in [6.45, 7) is 4.49. The van der Waals surface area contributed by atoms with Crippen molar-refractivity contribution < 1.29 is 19.4 Å². The number of hydrogen-bond donors (Lipinski definition) is 3. The molecular formula is C20H25ClN2O4. The Morgan fingerprint density at radius 1 is 1.26 bits per heavy atom. The summed E-state index contributed by atoms with van der Waals surface area (Å²) in [4.78, 5) is 12.1. The van der Waals surface area contributed by atoms with Crippen LogP contribution in [0.15, 0.2) is 36.4 Å². The highest BCUT2D eigenvalue weighted by atomic mass is 35.5. The fraction of sp³-hybridized carbons (Fsp3) is 0.350. The second kappa shape index (κ2) is 10.2. The van der Waals surface area contributed by atoms with Gasteiger partial charge in [-0.3, -0.25) is 4.79 Å². The number of amides is 1. The molecule has 0 fully saturated rings. The van der Waals surface area contributed by atoms with Crippen LogP contribution in [-0.4, -0.2) is 37.4 Å². The van der Waals surface area contributed by atoms with Crippen molar-refractivity contribution in [3.05, 3.63) is 52.5 Å². The lowest BCUT2D eigenvalue weighted by Crippen LogP contribution is -2.24. The van der Waals surface area contributed by atoms with Gasteiger partial charge in [-0.2, -0.15) is 0 Å². The number of carbonyl (C=O) groups excluding carboxylic acids is 1. The first-order chi connectivity index (χ1) is 12.9. The zero-order valence-corrected chi connectivity index (χ0v) is 16.5. The van der Waals surface area contributed by atoms with Crippen LogP contribution < -0.4 is 20.1 Å². The fourth-order valence-electron chi connectivity index (χ4n) is 2.41. The average Bonchev–Trinajstić information content (AvgIpc) is 2.62. The van der Waals surface area contributed by atoms with Gasteiger partial charge in [-0.15, -0.1) is 0 Å². The maximum atomic E-state index is 12.1. The minimum absolute atomic E-state index is 0.191. The molecule has 0 aliphatic heterocycles. The quantitative estimate of drug-likeness (QED) is 0.611. The molecule has 6 nitrogen and oxygen atoms in total. The van der Waals surface area contributed by atoms with Gasteiger partial charge in [0.2, 0.25) is 0 Å². The zero-order valence-electron chi connectivity index (χ0n) is 15.7. The third kappa shape index (κ3) is 6.75. The molecule has 27 heavy (non-hydrogen) atoms. The number of carbonyl (C=O) groups is 1. The molecule has 2 aromatic carbocycles. The maximum absolute atomic E-state index is 12.1. The van der Waals surface area contributed by atoms with E-state index < -0.39 is 6.10 Å². The Hall–Kier alpha value is -2.28. The van der Waals surface area contributed by atoms with E-state index in [9.17, 15) is 9.90 Å². The molecular weight excluding hydrogens is 368 g/mol. The third-order valence-corrected chi connectivity index (χ3v) is 4.02. The molecule has 0 radical (unpaired) electrons. The number of nitrogens with one attached hydrogen (secondary N) is 2. The van der Waals surface area contributed by atoms with Gasteiger partial charge in [0.1, 0.15) is 0 Å². The Bertz CT molecular complexity index is 763. The van der Waals surface area contributed by atoms with Crippen molar-refractivity contribution in [2.24, 2.45) is 0 Å². The van der Waals surface area contributed by atoms with Gasteiger partial charge in [-0.1, -0.05) is 29.3 Å². The van der Waals surface area contributed by atoms with Crippen LogP contribution in [0.25, 0.3) is 0 Å². The molecule has 0 aromatic heterocycles. The van der Waals surface area contributed by atoms with E-state index in [-0.39, 0.29) is 12.5 Å². The van der Waals surface area contributed by atoms with Crippen molar-refractivity contribution >= 4 is 23.2 Å². The first-order valence-electron chi connectivity index (χ1n) is 8.63. The largest absolute Gasteiger partial charge is 0.493 e. The smallest absolute Gasteiger partial charge is 0.262 e. The molecule has 0 spiro atoms.